The van der Waals surface area contributed by atoms with Crippen LogP contribution in [0.15, 0.2) is 12.0 Å². The van der Waals surface area contributed by atoms with Gasteiger partial charge in [-0.2, -0.15) is 0 Å². The van der Waals surface area contributed by atoms with Crippen LogP contribution in [0.3, 0.4) is 0 Å². The van der Waals surface area contributed by atoms with E-state index in [9.17, 15) is 10.1 Å². The van der Waals surface area contributed by atoms with Gasteiger partial charge < -0.3 is 10.2 Å². The van der Waals surface area contributed by atoms with Crippen molar-refractivity contribution in [1.29, 1.82) is 0 Å². The van der Waals surface area contributed by atoms with Crippen LogP contribution in [0.25, 0.3) is 0 Å². The summed E-state index contributed by atoms with van der Waals surface area (Å²) in [6, 6.07) is 0. The normalized spacial score (nSPS) is 18.9. The Morgan fingerprint density at radius 2 is 2.67 bits per heavy atom. The van der Waals surface area contributed by atoms with Crippen LogP contribution in [0.5, 0.6) is 0 Å². The van der Waals surface area contributed by atoms with E-state index in [1.807, 2.05) is 0 Å². The molecule has 0 atom stereocenters. The van der Waals surface area contributed by atoms with Crippen LogP contribution in [0, 0.1) is 22.5 Å². The highest BCUT2D eigenvalue weighted by Crippen LogP contribution is 2.05. The molecule has 0 saturated carbocycles. The summed E-state index contributed by atoms with van der Waals surface area (Å²) in [6.07, 6.45) is 6.02. The van der Waals surface area contributed by atoms with Crippen molar-refractivity contribution < 1.29 is 4.92 Å². The van der Waals surface area contributed by atoms with Crippen molar-refractivity contribution >= 4 is 0 Å². The van der Waals surface area contributed by atoms with Crippen LogP contribution in [-0.4, -0.2) is 29.5 Å². The second kappa shape index (κ2) is 3.62. The molecule has 0 aromatic heterocycles. The Labute approximate surface area is 70.2 Å². The molecule has 12 heavy (non-hydrogen) atoms. The number of hydrogen-bond donors (Lipinski definition) is 1. The van der Waals surface area contributed by atoms with Gasteiger partial charge in [0.1, 0.15) is 0 Å². The van der Waals surface area contributed by atoms with Gasteiger partial charge in [-0.15, -0.1) is 6.42 Å². The Morgan fingerprint density at radius 1 is 1.92 bits per heavy atom. The lowest BCUT2D eigenvalue weighted by Gasteiger charge is -2.12. The number of terminal acetylenes is 1. The average Bonchev–Trinajstić information content (AvgIpc) is 2.37. The second-order valence-electron chi connectivity index (χ2n) is 2.35. The summed E-state index contributed by atoms with van der Waals surface area (Å²) in [5.41, 5.74) is 0. The van der Waals surface area contributed by atoms with Gasteiger partial charge in [0, 0.05) is 13.1 Å². The van der Waals surface area contributed by atoms with Gasteiger partial charge in [0.05, 0.1) is 11.5 Å². The first-order valence-electron chi connectivity index (χ1n) is 3.51. The molecule has 0 aromatic rings. The van der Waals surface area contributed by atoms with Crippen molar-refractivity contribution in [3.05, 3.63) is 22.1 Å². The Morgan fingerprint density at radius 3 is 3.25 bits per heavy atom. The van der Waals surface area contributed by atoms with Crippen molar-refractivity contribution in [3.8, 4) is 12.3 Å². The molecular formula is C7H9N3O2. The summed E-state index contributed by atoms with van der Waals surface area (Å²) in [4.78, 5) is 11.4. The van der Waals surface area contributed by atoms with Crippen molar-refractivity contribution in [3.63, 3.8) is 0 Å². The van der Waals surface area contributed by atoms with Crippen LogP contribution >= 0.6 is 0 Å². The fraction of sp³-hybridized carbons (Fsp3) is 0.429. The highest BCUT2D eigenvalue weighted by atomic mass is 16.6. The van der Waals surface area contributed by atoms with E-state index in [0.717, 1.165) is 12.7 Å². The maximum absolute atomic E-state index is 10.1. The highest BCUT2D eigenvalue weighted by molar-refractivity contribution is 5.04. The Kier molecular flexibility index (Phi) is 2.53. The first-order chi connectivity index (χ1) is 5.74. The zero-order valence-electron chi connectivity index (χ0n) is 6.49. The van der Waals surface area contributed by atoms with E-state index < -0.39 is 4.92 Å². The monoisotopic (exact) mass is 167 g/mol. The van der Waals surface area contributed by atoms with Gasteiger partial charge in [-0.3, -0.25) is 10.1 Å². The molecule has 0 spiro atoms. The maximum Gasteiger partial charge on any atom is 0.274 e. The lowest BCUT2D eigenvalue weighted by atomic mass is 10.5. The number of nitrogens with zero attached hydrogens (tertiary/aromatic N) is 2. The van der Waals surface area contributed by atoms with E-state index >= 15 is 0 Å². The first kappa shape index (κ1) is 8.40. The summed E-state index contributed by atoms with van der Waals surface area (Å²) in [5, 5.41) is 13.0. The van der Waals surface area contributed by atoms with E-state index in [-0.39, 0.29) is 0 Å². The predicted molar refractivity (Wildman–Crippen MR) is 43.5 cm³/mol. The first-order valence-corrected chi connectivity index (χ1v) is 3.51. The Bertz CT molecular complexity index is 254. The molecule has 0 unspecified atom stereocenters. The quantitative estimate of drug-likeness (QED) is 0.345. The minimum absolute atomic E-state index is 0.409. The van der Waals surface area contributed by atoms with E-state index in [1.165, 1.54) is 0 Å². The third-order valence-electron chi connectivity index (χ3n) is 1.54. The lowest BCUT2D eigenvalue weighted by molar-refractivity contribution is -0.404. The van der Waals surface area contributed by atoms with Crippen molar-refractivity contribution in [2.75, 3.05) is 19.6 Å². The summed E-state index contributed by atoms with van der Waals surface area (Å²) in [6.45, 7) is 1.85. The van der Waals surface area contributed by atoms with E-state index in [4.69, 9.17) is 6.42 Å². The molecule has 1 N–H and O–H groups in total. The fourth-order valence-corrected chi connectivity index (χ4v) is 1.05. The fourth-order valence-electron chi connectivity index (χ4n) is 1.05. The molecule has 64 valence electrons. The molecule has 1 fully saturated rings. The van der Waals surface area contributed by atoms with E-state index in [1.54, 1.807) is 4.90 Å². The maximum atomic E-state index is 10.1. The lowest BCUT2D eigenvalue weighted by Crippen LogP contribution is -2.21. The molecule has 1 aliphatic rings. The molecule has 1 heterocycles. The molecule has 5 nitrogen and oxygen atoms in total. The third-order valence-corrected chi connectivity index (χ3v) is 1.54. The molecule has 1 rings (SSSR count). The van der Waals surface area contributed by atoms with Crippen LogP contribution in [-0.2, 0) is 0 Å². The number of nitrogens with one attached hydrogen (secondary N) is 1. The van der Waals surface area contributed by atoms with Gasteiger partial charge in [-0.25, -0.2) is 0 Å². The smallest absolute Gasteiger partial charge is 0.274 e. The summed E-state index contributed by atoms with van der Waals surface area (Å²) in [7, 11) is 0. The van der Waals surface area contributed by atoms with Crippen molar-refractivity contribution in [2.24, 2.45) is 0 Å². The van der Waals surface area contributed by atoms with Gasteiger partial charge >= 0.3 is 0 Å². The topological polar surface area (TPSA) is 58.4 Å². The zero-order valence-corrected chi connectivity index (χ0v) is 6.49. The molecule has 0 radical (unpaired) electrons. The van der Waals surface area contributed by atoms with Crippen LogP contribution < -0.4 is 5.32 Å². The zero-order chi connectivity index (χ0) is 8.97. The minimum atomic E-state index is -0.489. The van der Waals surface area contributed by atoms with E-state index in [2.05, 4.69) is 11.2 Å². The SMILES string of the molecule is C#CCN1CCNC1=C[N+](=O)[O-]. The largest absolute Gasteiger partial charge is 0.365 e. The number of nitro groups is 1. The number of rotatable bonds is 2. The van der Waals surface area contributed by atoms with Crippen LogP contribution in [0.2, 0.25) is 0 Å². The van der Waals surface area contributed by atoms with Crippen molar-refractivity contribution in [2.45, 2.75) is 0 Å². The predicted octanol–water partition coefficient (Wildman–Crippen LogP) is -0.400. The Balaban J connectivity index is 2.64. The van der Waals surface area contributed by atoms with Crippen molar-refractivity contribution in [1.82, 2.24) is 10.2 Å². The van der Waals surface area contributed by atoms with E-state index in [0.29, 0.717) is 18.9 Å². The summed E-state index contributed by atoms with van der Waals surface area (Å²) >= 11 is 0. The molecule has 0 aromatic carbocycles. The summed E-state index contributed by atoms with van der Waals surface area (Å²) < 4.78 is 0. The van der Waals surface area contributed by atoms with Crippen LogP contribution in [0.4, 0.5) is 0 Å². The number of hydrogen-bond acceptors (Lipinski definition) is 4. The standard InChI is InChI=1S/C7H9N3O2/c1-2-4-9-5-3-8-7(9)6-10(11)12/h1,6,8H,3-5H2. The average molecular weight is 167 g/mol. The molecule has 0 aliphatic carbocycles. The molecule has 1 aliphatic heterocycles. The van der Waals surface area contributed by atoms with Gasteiger partial charge in [0.15, 0.2) is 5.82 Å². The Hall–Kier alpha value is -1.70. The summed E-state index contributed by atoms with van der Waals surface area (Å²) in [5.74, 6) is 2.93. The molecule has 1 saturated heterocycles. The molecule has 5 heteroatoms. The van der Waals surface area contributed by atoms with Gasteiger partial charge in [-0.05, 0) is 0 Å². The van der Waals surface area contributed by atoms with Gasteiger partial charge in [-0.1, -0.05) is 5.92 Å². The van der Waals surface area contributed by atoms with Gasteiger partial charge in [0.2, 0.25) is 0 Å². The van der Waals surface area contributed by atoms with Crippen LogP contribution in [0.1, 0.15) is 0 Å². The second-order valence-corrected chi connectivity index (χ2v) is 2.35. The molecule has 0 bridgehead atoms. The molecule has 0 amide bonds. The van der Waals surface area contributed by atoms with Gasteiger partial charge in [0.25, 0.3) is 6.20 Å². The minimum Gasteiger partial charge on any atom is -0.365 e. The molecular weight excluding hydrogens is 158 g/mol. The highest BCUT2D eigenvalue weighted by Gasteiger charge is 2.17. The third kappa shape index (κ3) is 1.89.